The Morgan fingerprint density at radius 2 is 2.06 bits per heavy atom. The van der Waals surface area contributed by atoms with Crippen LogP contribution in [0.2, 0.25) is 0 Å². The first-order chi connectivity index (χ1) is 8.16. The zero-order valence-electron chi connectivity index (χ0n) is 8.83. The highest BCUT2D eigenvalue weighted by atomic mass is 32.1. The summed E-state index contributed by atoms with van der Waals surface area (Å²) in [4.78, 5) is 12.3. The maximum atomic E-state index is 11.7. The molecule has 2 N–H and O–H groups in total. The van der Waals surface area contributed by atoms with Gasteiger partial charge in [0.05, 0.1) is 4.88 Å². The Morgan fingerprint density at radius 1 is 1.24 bits per heavy atom. The maximum Gasteiger partial charge on any atom is 0.195 e. The summed E-state index contributed by atoms with van der Waals surface area (Å²) in [5, 5.41) is 20.6. The molecule has 0 atom stereocenters. The van der Waals surface area contributed by atoms with Crippen LogP contribution in [0.25, 0.3) is 6.08 Å². The largest absolute Gasteiger partial charge is 0.508 e. The van der Waals surface area contributed by atoms with Crippen LogP contribution in [0.4, 0.5) is 0 Å². The molecule has 0 aliphatic heterocycles. The van der Waals surface area contributed by atoms with Crippen molar-refractivity contribution in [1.29, 1.82) is 0 Å². The Balaban J connectivity index is 2.21. The summed E-state index contributed by atoms with van der Waals surface area (Å²) in [6.07, 6.45) is 2.86. The van der Waals surface area contributed by atoms with Gasteiger partial charge < -0.3 is 10.2 Å². The summed E-state index contributed by atoms with van der Waals surface area (Å²) in [6, 6.07) is 7.70. The SMILES string of the molecule is O=C(/C=C/c1cc(O)ccc1O)c1cccs1. The lowest BCUT2D eigenvalue weighted by molar-refractivity contribution is 0.105. The first-order valence-electron chi connectivity index (χ1n) is 4.95. The Kier molecular flexibility index (Phi) is 3.25. The third kappa shape index (κ3) is 2.73. The Morgan fingerprint density at radius 3 is 2.76 bits per heavy atom. The van der Waals surface area contributed by atoms with Crippen LogP contribution in [-0.2, 0) is 0 Å². The van der Waals surface area contributed by atoms with Gasteiger partial charge in [-0.3, -0.25) is 4.79 Å². The number of phenols is 2. The van der Waals surface area contributed by atoms with Crippen molar-refractivity contribution in [2.45, 2.75) is 0 Å². The number of benzene rings is 1. The summed E-state index contributed by atoms with van der Waals surface area (Å²) in [6.45, 7) is 0. The van der Waals surface area contributed by atoms with E-state index in [0.29, 0.717) is 10.4 Å². The molecule has 0 aliphatic carbocycles. The van der Waals surface area contributed by atoms with E-state index in [9.17, 15) is 15.0 Å². The van der Waals surface area contributed by atoms with E-state index in [1.807, 2.05) is 5.38 Å². The van der Waals surface area contributed by atoms with E-state index >= 15 is 0 Å². The van der Waals surface area contributed by atoms with Gasteiger partial charge >= 0.3 is 0 Å². The number of thiophene rings is 1. The van der Waals surface area contributed by atoms with Gasteiger partial charge in [-0.2, -0.15) is 0 Å². The van der Waals surface area contributed by atoms with Crippen molar-refractivity contribution in [2.24, 2.45) is 0 Å². The summed E-state index contributed by atoms with van der Waals surface area (Å²) < 4.78 is 0. The van der Waals surface area contributed by atoms with Crippen LogP contribution in [0.3, 0.4) is 0 Å². The molecule has 2 rings (SSSR count). The zero-order chi connectivity index (χ0) is 12.3. The molecule has 0 fully saturated rings. The predicted octanol–water partition coefficient (Wildman–Crippen LogP) is 3.06. The van der Waals surface area contributed by atoms with Crippen molar-refractivity contribution in [3.05, 3.63) is 52.2 Å². The van der Waals surface area contributed by atoms with Gasteiger partial charge in [-0.15, -0.1) is 11.3 Å². The van der Waals surface area contributed by atoms with E-state index in [-0.39, 0.29) is 17.3 Å². The summed E-state index contributed by atoms with van der Waals surface area (Å²) >= 11 is 1.36. The standard InChI is InChI=1S/C13H10O3S/c14-10-4-6-11(15)9(8-10)3-5-12(16)13-2-1-7-17-13/h1-8,14-15H/b5-3+. The van der Waals surface area contributed by atoms with E-state index in [2.05, 4.69) is 0 Å². The first kappa shape index (κ1) is 11.4. The normalized spacial score (nSPS) is 10.8. The molecule has 1 aromatic carbocycles. The Hall–Kier alpha value is -2.07. The molecule has 86 valence electrons. The molecule has 0 radical (unpaired) electrons. The van der Waals surface area contributed by atoms with Crippen LogP contribution in [0, 0.1) is 0 Å². The van der Waals surface area contributed by atoms with Gasteiger partial charge in [0.25, 0.3) is 0 Å². The van der Waals surface area contributed by atoms with Crippen molar-refractivity contribution in [3.8, 4) is 11.5 Å². The van der Waals surface area contributed by atoms with Crippen LogP contribution in [0.1, 0.15) is 15.2 Å². The van der Waals surface area contributed by atoms with Gasteiger partial charge in [0, 0.05) is 5.56 Å². The molecular weight excluding hydrogens is 236 g/mol. The molecule has 2 aromatic rings. The quantitative estimate of drug-likeness (QED) is 0.497. The second kappa shape index (κ2) is 4.84. The van der Waals surface area contributed by atoms with E-state index in [1.54, 1.807) is 12.1 Å². The highest BCUT2D eigenvalue weighted by Gasteiger charge is 2.03. The number of aromatic hydroxyl groups is 2. The van der Waals surface area contributed by atoms with E-state index < -0.39 is 0 Å². The van der Waals surface area contributed by atoms with Gasteiger partial charge in [-0.25, -0.2) is 0 Å². The fraction of sp³-hybridized carbons (Fsp3) is 0. The highest BCUT2D eigenvalue weighted by molar-refractivity contribution is 7.12. The minimum atomic E-state index is -0.122. The molecule has 0 amide bonds. The molecule has 1 heterocycles. The smallest absolute Gasteiger partial charge is 0.195 e. The number of phenolic OH excluding ortho intramolecular Hbond substituents is 2. The molecule has 0 saturated carbocycles. The number of rotatable bonds is 3. The van der Waals surface area contributed by atoms with E-state index in [0.717, 1.165) is 0 Å². The third-order valence-electron chi connectivity index (χ3n) is 2.19. The van der Waals surface area contributed by atoms with Crippen molar-refractivity contribution >= 4 is 23.2 Å². The molecule has 0 spiro atoms. The van der Waals surface area contributed by atoms with Crippen LogP contribution >= 0.6 is 11.3 Å². The van der Waals surface area contributed by atoms with Gasteiger partial charge in [-0.05, 0) is 41.8 Å². The summed E-state index contributed by atoms with van der Waals surface area (Å²) in [7, 11) is 0. The number of hydrogen-bond donors (Lipinski definition) is 2. The minimum Gasteiger partial charge on any atom is -0.508 e. The molecule has 17 heavy (non-hydrogen) atoms. The lowest BCUT2D eigenvalue weighted by Gasteiger charge is -1.99. The monoisotopic (exact) mass is 246 g/mol. The molecule has 0 aliphatic rings. The number of carbonyl (C=O) groups excluding carboxylic acids is 1. The van der Waals surface area contributed by atoms with Crippen molar-refractivity contribution in [2.75, 3.05) is 0 Å². The van der Waals surface area contributed by atoms with Gasteiger partial charge in [0.15, 0.2) is 5.78 Å². The fourth-order valence-electron chi connectivity index (χ4n) is 1.34. The number of hydrogen-bond acceptors (Lipinski definition) is 4. The number of allylic oxidation sites excluding steroid dienone is 1. The lowest BCUT2D eigenvalue weighted by atomic mass is 10.1. The predicted molar refractivity (Wildman–Crippen MR) is 67.5 cm³/mol. The van der Waals surface area contributed by atoms with Crippen molar-refractivity contribution < 1.29 is 15.0 Å². The van der Waals surface area contributed by atoms with Gasteiger partial charge in [0.2, 0.25) is 0 Å². The minimum absolute atomic E-state index is 0.0260. The number of ketones is 1. The second-order valence-electron chi connectivity index (χ2n) is 3.42. The van der Waals surface area contributed by atoms with Gasteiger partial charge in [-0.1, -0.05) is 6.07 Å². The molecule has 1 aromatic heterocycles. The topological polar surface area (TPSA) is 57.5 Å². The van der Waals surface area contributed by atoms with E-state index in [4.69, 9.17) is 0 Å². The molecule has 4 heteroatoms. The van der Waals surface area contributed by atoms with Crippen LogP contribution in [0.15, 0.2) is 41.8 Å². The summed E-state index contributed by atoms with van der Waals surface area (Å²) in [5.41, 5.74) is 0.412. The zero-order valence-corrected chi connectivity index (χ0v) is 9.65. The second-order valence-corrected chi connectivity index (χ2v) is 4.37. The average Bonchev–Trinajstić information content (AvgIpc) is 2.83. The first-order valence-corrected chi connectivity index (χ1v) is 5.82. The fourth-order valence-corrected chi connectivity index (χ4v) is 1.99. The molecular formula is C13H10O3S. The van der Waals surface area contributed by atoms with Crippen LogP contribution < -0.4 is 0 Å². The Bertz CT molecular complexity index is 556. The highest BCUT2D eigenvalue weighted by Crippen LogP contribution is 2.23. The molecule has 3 nitrogen and oxygen atoms in total. The Labute approximate surface area is 102 Å². The third-order valence-corrected chi connectivity index (χ3v) is 3.07. The molecule has 0 saturated heterocycles. The van der Waals surface area contributed by atoms with Gasteiger partial charge in [0.1, 0.15) is 11.5 Å². The lowest BCUT2D eigenvalue weighted by Crippen LogP contribution is -1.88. The van der Waals surface area contributed by atoms with Crippen LogP contribution in [0.5, 0.6) is 11.5 Å². The number of carbonyl (C=O) groups is 1. The van der Waals surface area contributed by atoms with E-state index in [1.165, 1.54) is 41.7 Å². The molecule has 0 bridgehead atoms. The summed E-state index contributed by atoms with van der Waals surface area (Å²) in [5.74, 6) is -0.0493. The average molecular weight is 246 g/mol. The van der Waals surface area contributed by atoms with Crippen LogP contribution in [-0.4, -0.2) is 16.0 Å². The maximum absolute atomic E-state index is 11.7. The molecule has 0 unspecified atom stereocenters. The van der Waals surface area contributed by atoms with Crippen molar-refractivity contribution in [3.63, 3.8) is 0 Å². The van der Waals surface area contributed by atoms with Crippen molar-refractivity contribution in [1.82, 2.24) is 0 Å².